The standard InChI is InChI=1S/C23H24F2N10/c1-13(9-16-6-5-15-7-8-33(15)16)34-12-19(28-31-34)14-10-17(22(26)27-11-14)23-29-30-32-35(23)20-4-2-3-18(24)21(20)25/h2-4,10-13,15-16H,5-9H2,1H3,(H2,26,27). The van der Waals surface area contributed by atoms with E-state index >= 15 is 0 Å². The minimum Gasteiger partial charge on any atom is -0.383 e. The molecule has 1 aromatic carbocycles. The van der Waals surface area contributed by atoms with Crippen molar-refractivity contribution in [2.75, 3.05) is 12.3 Å². The topological polar surface area (TPSA) is 116 Å². The summed E-state index contributed by atoms with van der Waals surface area (Å²) in [5.74, 6) is -1.79. The number of fused-ring (bicyclic) bond motifs is 1. The van der Waals surface area contributed by atoms with Crippen LogP contribution in [0.4, 0.5) is 14.6 Å². The van der Waals surface area contributed by atoms with Crippen molar-refractivity contribution >= 4 is 5.82 Å². The van der Waals surface area contributed by atoms with Gasteiger partial charge in [-0.25, -0.2) is 18.4 Å². The van der Waals surface area contributed by atoms with Crippen molar-refractivity contribution in [2.45, 2.75) is 50.7 Å². The van der Waals surface area contributed by atoms with Gasteiger partial charge in [-0.15, -0.1) is 10.2 Å². The van der Waals surface area contributed by atoms with Crippen LogP contribution >= 0.6 is 0 Å². The summed E-state index contributed by atoms with van der Waals surface area (Å²) in [7, 11) is 0. The predicted molar refractivity (Wildman–Crippen MR) is 123 cm³/mol. The number of tetrazole rings is 1. The summed E-state index contributed by atoms with van der Waals surface area (Å²) in [6.45, 7) is 3.35. The number of aromatic nitrogens is 8. The minimum atomic E-state index is -1.06. The second kappa shape index (κ2) is 8.45. The molecule has 0 bridgehead atoms. The molecule has 3 aromatic heterocycles. The molecule has 5 heterocycles. The molecule has 10 nitrogen and oxygen atoms in total. The number of nitrogens with two attached hydrogens (primary N) is 1. The Hall–Kier alpha value is -3.80. The van der Waals surface area contributed by atoms with Gasteiger partial charge in [-0.1, -0.05) is 11.3 Å². The maximum Gasteiger partial charge on any atom is 0.190 e. The molecule has 0 radical (unpaired) electrons. The third kappa shape index (κ3) is 3.73. The molecule has 2 N–H and O–H groups in total. The summed E-state index contributed by atoms with van der Waals surface area (Å²) in [6.07, 6.45) is 8.36. The zero-order valence-corrected chi connectivity index (χ0v) is 19.1. The Morgan fingerprint density at radius 2 is 2.03 bits per heavy atom. The highest BCUT2D eigenvalue weighted by molar-refractivity contribution is 5.75. The van der Waals surface area contributed by atoms with Gasteiger partial charge in [0.2, 0.25) is 0 Å². The average Bonchev–Trinajstić information content (AvgIpc) is 3.56. The summed E-state index contributed by atoms with van der Waals surface area (Å²) in [5, 5.41) is 20.1. The lowest BCUT2D eigenvalue weighted by molar-refractivity contribution is 0.0837. The number of benzene rings is 1. The van der Waals surface area contributed by atoms with Gasteiger partial charge < -0.3 is 5.73 Å². The van der Waals surface area contributed by atoms with Gasteiger partial charge in [-0.05, 0) is 61.2 Å². The summed E-state index contributed by atoms with van der Waals surface area (Å²) in [4.78, 5) is 6.87. The predicted octanol–water partition coefficient (Wildman–Crippen LogP) is 3.03. The number of hydrogen-bond donors (Lipinski definition) is 1. The first-order valence-electron chi connectivity index (χ1n) is 11.7. The van der Waals surface area contributed by atoms with Crippen LogP contribution in [0.25, 0.3) is 28.3 Å². The smallest absolute Gasteiger partial charge is 0.190 e. The van der Waals surface area contributed by atoms with Crippen molar-refractivity contribution in [3.63, 3.8) is 0 Å². The maximum absolute atomic E-state index is 14.4. The molecular weight excluding hydrogens is 454 g/mol. The number of pyridine rings is 1. The molecule has 0 spiro atoms. The Morgan fingerprint density at radius 3 is 2.83 bits per heavy atom. The second-order valence-electron chi connectivity index (χ2n) is 9.22. The van der Waals surface area contributed by atoms with Gasteiger partial charge in [0.1, 0.15) is 17.2 Å². The van der Waals surface area contributed by atoms with Crippen LogP contribution in [0.5, 0.6) is 0 Å². The largest absolute Gasteiger partial charge is 0.383 e. The van der Waals surface area contributed by atoms with Crippen LogP contribution in [-0.2, 0) is 0 Å². The van der Waals surface area contributed by atoms with E-state index in [1.165, 1.54) is 37.9 Å². The van der Waals surface area contributed by atoms with Crippen LogP contribution in [0.15, 0.2) is 36.7 Å². The van der Waals surface area contributed by atoms with Crippen LogP contribution in [-0.4, -0.2) is 63.7 Å². The van der Waals surface area contributed by atoms with Crippen LogP contribution in [0, 0.1) is 11.6 Å². The zero-order chi connectivity index (χ0) is 24.1. The summed E-state index contributed by atoms with van der Waals surface area (Å²) in [6, 6.07) is 7.08. The van der Waals surface area contributed by atoms with E-state index in [1.54, 1.807) is 12.3 Å². The van der Waals surface area contributed by atoms with Crippen LogP contribution in [0.1, 0.15) is 38.6 Å². The van der Waals surface area contributed by atoms with E-state index in [-0.39, 0.29) is 23.4 Å². The first-order valence-corrected chi connectivity index (χ1v) is 11.7. The third-order valence-electron chi connectivity index (χ3n) is 7.15. The summed E-state index contributed by atoms with van der Waals surface area (Å²) < 4.78 is 31.2. The summed E-state index contributed by atoms with van der Waals surface area (Å²) >= 11 is 0. The number of anilines is 1. The Bertz CT molecular complexity index is 1380. The van der Waals surface area contributed by atoms with Crippen molar-refractivity contribution in [3.05, 3.63) is 48.3 Å². The molecule has 35 heavy (non-hydrogen) atoms. The van der Waals surface area contributed by atoms with Gasteiger partial charge in [-0.2, -0.15) is 4.68 Å². The molecule has 3 unspecified atom stereocenters. The molecule has 3 atom stereocenters. The SMILES string of the molecule is CC(CC1CCC2CCN21)n1cc(-c2cnc(N)c(-c3nnnn3-c3cccc(F)c3F)c2)nn1. The quantitative estimate of drug-likeness (QED) is 0.450. The van der Waals surface area contributed by atoms with Crippen molar-refractivity contribution in [1.29, 1.82) is 0 Å². The van der Waals surface area contributed by atoms with Crippen molar-refractivity contribution in [2.24, 2.45) is 0 Å². The van der Waals surface area contributed by atoms with Crippen molar-refractivity contribution < 1.29 is 8.78 Å². The molecule has 6 rings (SSSR count). The molecule has 2 aliphatic heterocycles. The fraction of sp³-hybridized carbons (Fsp3) is 0.391. The van der Waals surface area contributed by atoms with Crippen LogP contribution in [0.2, 0.25) is 0 Å². The van der Waals surface area contributed by atoms with E-state index in [2.05, 4.69) is 42.6 Å². The minimum absolute atomic E-state index is 0.132. The fourth-order valence-electron chi connectivity index (χ4n) is 5.15. The van der Waals surface area contributed by atoms with E-state index in [9.17, 15) is 8.78 Å². The van der Waals surface area contributed by atoms with E-state index in [0.29, 0.717) is 22.9 Å². The van der Waals surface area contributed by atoms with Crippen LogP contribution in [0.3, 0.4) is 0 Å². The molecule has 2 fully saturated rings. The normalized spacial score (nSPS) is 20.5. The fourth-order valence-corrected chi connectivity index (χ4v) is 5.15. The third-order valence-corrected chi connectivity index (χ3v) is 7.15. The molecule has 12 heteroatoms. The lowest BCUT2D eigenvalue weighted by Crippen LogP contribution is -2.47. The monoisotopic (exact) mass is 478 g/mol. The zero-order valence-electron chi connectivity index (χ0n) is 19.1. The molecule has 2 saturated heterocycles. The number of nitrogens with zero attached hydrogens (tertiary/aromatic N) is 9. The highest BCUT2D eigenvalue weighted by Crippen LogP contribution is 2.37. The molecule has 0 saturated carbocycles. The number of hydrogen-bond acceptors (Lipinski definition) is 8. The molecule has 2 aliphatic rings. The van der Waals surface area contributed by atoms with E-state index < -0.39 is 11.6 Å². The maximum atomic E-state index is 14.4. The Morgan fingerprint density at radius 1 is 1.14 bits per heavy atom. The van der Waals surface area contributed by atoms with E-state index in [1.807, 2.05) is 10.9 Å². The molecule has 0 amide bonds. The molecular formula is C23H24F2N10. The molecule has 0 aliphatic carbocycles. The Kier molecular flexibility index (Phi) is 5.24. The van der Waals surface area contributed by atoms with Gasteiger partial charge in [0, 0.05) is 30.4 Å². The number of halogens is 2. The first-order chi connectivity index (χ1) is 17.0. The van der Waals surface area contributed by atoms with E-state index in [0.717, 1.165) is 23.2 Å². The van der Waals surface area contributed by atoms with E-state index in [4.69, 9.17) is 5.73 Å². The first kappa shape index (κ1) is 21.7. The number of nitrogen functional groups attached to an aromatic ring is 1. The van der Waals surface area contributed by atoms with Gasteiger partial charge in [-0.3, -0.25) is 4.90 Å². The highest BCUT2D eigenvalue weighted by Gasteiger charge is 2.39. The average molecular weight is 479 g/mol. The van der Waals surface area contributed by atoms with Crippen LogP contribution < -0.4 is 5.73 Å². The lowest BCUT2D eigenvalue weighted by atomic mass is 10.0. The number of rotatable bonds is 6. The van der Waals surface area contributed by atoms with Crippen molar-refractivity contribution in [3.8, 4) is 28.3 Å². The highest BCUT2D eigenvalue weighted by atomic mass is 19.2. The Balaban J connectivity index is 1.28. The Labute approximate surface area is 199 Å². The van der Waals surface area contributed by atoms with Gasteiger partial charge in [0.25, 0.3) is 0 Å². The van der Waals surface area contributed by atoms with Gasteiger partial charge in [0.05, 0.1) is 17.8 Å². The molecule has 180 valence electrons. The second-order valence-corrected chi connectivity index (χ2v) is 9.22. The van der Waals surface area contributed by atoms with Gasteiger partial charge >= 0.3 is 0 Å². The molecule has 4 aromatic rings. The lowest BCUT2D eigenvalue weighted by Gasteiger charge is -2.39. The van der Waals surface area contributed by atoms with Crippen molar-refractivity contribution in [1.82, 2.24) is 45.1 Å². The summed E-state index contributed by atoms with van der Waals surface area (Å²) in [5.41, 5.74) is 7.63. The van der Waals surface area contributed by atoms with Gasteiger partial charge in [0.15, 0.2) is 17.5 Å².